The standard InChI is InChI=1S/C17H20N2O2/c1-12-7-8-15-14(11-12)16(19-21-15)17(20)18-10-9-13-5-3-2-4-6-13/h2-6,12H,7-11H2,1H3,(H,18,20). The number of benzene rings is 1. The highest BCUT2D eigenvalue weighted by Gasteiger charge is 2.26. The lowest BCUT2D eigenvalue weighted by molar-refractivity contribution is 0.0944. The fraction of sp³-hybridized carbons (Fsp3) is 0.412. The maximum Gasteiger partial charge on any atom is 0.273 e. The van der Waals surface area contributed by atoms with Gasteiger partial charge in [0.05, 0.1) is 0 Å². The molecule has 4 nitrogen and oxygen atoms in total. The van der Waals surface area contributed by atoms with Crippen molar-refractivity contribution < 1.29 is 9.32 Å². The van der Waals surface area contributed by atoms with Crippen LogP contribution in [0.4, 0.5) is 0 Å². The molecule has 0 aliphatic heterocycles. The van der Waals surface area contributed by atoms with Crippen LogP contribution in [0.15, 0.2) is 34.9 Å². The van der Waals surface area contributed by atoms with Crippen LogP contribution >= 0.6 is 0 Å². The summed E-state index contributed by atoms with van der Waals surface area (Å²) in [6.45, 7) is 2.81. The molecule has 1 aliphatic rings. The lowest BCUT2D eigenvalue weighted by atomic mass is 9.88. The molecular formula is C17H20N2O2. The summed E-state index contributed by atoms with van der Waals surface area (Å²) >= 11 is 0. The zero-order chi connectivity index (χ0) is 14.7. The van der Waals surface area contributed by atoms with Crippen LogP contribution in [0.2, 0.25) is 0 Å². The number of nitrogens with one attached hydrogen (secondary N) is 1. The van der Waals surface area contributed by atoms with Crippen LogP contribution < -0.4 is 5.32 Å². The van der Waals surface area contributed by atoms with E-state index >= 15 is 0 Å². The third-order valence-electron chi connectivity index (χ3n) is 4.04. The molecule has 0 bridgehead atoms. The third-order valence-corrected chi connectivity index (χ3v) is 4.04. The number of fused-ring (bicyclic) bond motifs is 1. The minimum Gasteiger partial charge on any atom is -0.360 e. The molecule has 1 aliphatic carbocycles. The van der Waals surface area contributed by atoms with Crippen molar-refractivity contribution in [1.29, 1.82) is 0 Å². The number of hydrogen-bond acceptors (Lipinski definition) is 3. The number of hydrogen-bond donors (Lipinski definition) is 1. The molecule has 0 saturated heterocycles. The van der Waals surface area contributed by atoms with E-state index in [1.165, 1.54) is 5.56 Å². The molecule has 1 atom stereocenters. The summed E-state index contributed by atoms with van der Waals surface area (Å²) in [6.07, 6.45) is 3.71. The van der Waals surface area contributed by atoms with E-state index in [4.69, 9.17) is 4.52 Å². The largest absolute Gasteiger partial charge is 0.360 e. The molecule has 2 aromatic rings. The molecular weight excluding hydrogens is 264 g/mol. The third kappa shape index (κ3) is 3.15. The van der Waals surface area contributed by atoms with Crippen LogP contribution in [0.25, 0.3) is 0 Å². The van der Waals surface area contributed by atoms with Crippen molar-refractivity contribution in [1.82, 2.24) is 10.5 Å². The quantitative estimate of drug-likeness (QED) is 0.939. The van der Waals surface area contributed by atoms with Crippen molar-refractivity contribution in [2.75, 3.05) is 6.54 Å². The van der Waals surface area contributed by atoms with Crippen molar-refractivity contribution >= 4 is 5.91 Å². The van der Waals surface area contributed by atoms with Crippen LogP contribution in [0, 0.1) is 5.92 Å². The summed E-state index contributed by atoms with van der Waals surface area (Å²) in [4.78, 5) is 12.2. The second-order valence-corrected chi connectivity index (χ2v) is 5.77. The predicted molar refractivity (Wildman–Crippen MR) is 80.2 cm³/mol. The van der Waals surface area contributed by atoms with E-state index < -0.39 is 0 Å². The number of aromatic nitrogens is 1. The van der Waals surface area contributed by atoms with Crippen LogP contribution in [-0.2, 0) is 19.3 Å². The van der Waals surface area contributed by atoms with Crippen LogP contribution in [0.3, 0.4) is 0 Å². The van der Waals surface area contributed by atoms with Gasteiger partial charge in [0, 0.05) is 18.5 Å². The lowest BCUT2D eigenvalue weighted by Gasteiger charge is -2.16. The average Bonchev–Trinajstić information content (AvgIpc) is 2.91. The normalized spacial score (nSPS) is 17.3. The molecule has 1 heterocycles. The Morgan fingerprint density at radius 1 is 1.38 bits per heavy atom. The van der Waals surface area contributed by atoms with Gasteiger partial charge in [0.1, 0.15) is 5.76 Å². The van der Waals surface area contributed by atoms with Crippen molar-refractivity contribution in [3.8, 4) is 0 Å². The number of nitrogens with zero attached hydrogens (tertiary/aromatic N) is 1. The molecule has 4 heteroatoms. The van der Waals surface area contributed by atoms with Gasteiger partial charge in [-0.15, -0.1) is 0 Å². The van der Waals surface area contributed by atoms with Crippen molar-refractivity contribution in [3.05, 3.63) is 52.9 Å². The molecule has 0 radical (unpaired) electrons. The summed E-state index contributed by atoms with van der Waals surface area (Å²) in [5, 5.41) is 6.91. The molecule has 1 aromatic carbocycles. The predicted octanol–water partition coefficient (Wildman–Crippen LogP) is 2.77. The highest BCUT2D eigenvalue weighted by Crippen LogP contribution is 2.27. The lowest BCUT2D eigenvalue weighted by Crippen LogP contribution is -2.27. The fourth-order valence-corrected chi connectivity index (χ4v) is 2.81. The number of amides is 1. The Morgan fingerprint density at radius 2 is 2.19 bits per heavy atom. The van der Waals surface area contributed by atoms with Crippen molar-refractivity contribution in [3.63, 3.8) is 0 Å². The summed E-state index contributed by atoms with van der Waals surface area (Å²) in [5.41, 5.74) is 2.70. The Kier molecular flexibility index (Phi) is 4.04. The molecule has 3 rings (SSSR count). The molecule has 0 fully saturated rings. The van der Waals surface area contributed by atoms with Gasteiger partial charge in [-0.05, 0) is 30.7 Å². The smallest absolute Gasteiger partial charge is 0.273 e. The molecule has 21 heavy (non-hydrogen) atoms. The number of carbonyl (C=O) groups excluding carboxylic acids is 1. The molecule has 110 valence electrons. The zero-order valence-electron chi connectivity index (χ0n) is 12.3. The summed E-state index contributed by atoms with van der Waals surface area (Å²) < 4.78 is 5.31. The van der Waals surface area contributed by atoms with Gasteiger partial charge in [-0.2, -0.15) is 0 Å². The van der Waals surface area contributed by atoms with Gasteiger partial charge in [0.2, 0.25) is 0 Å². The van der Waals surface area contributed by atoms with E-state index in [2.05, 4.69) is 29.5 Å². The van der Waals surface area contributed by atoms with Gasteiger partial charge in [0.15, 0.2) is 5.69 Å². The minimum atomic E-state index is -0.120. The monoisotopic (exact) mass is 284 g/mol. The topological polar surface area (TPSA) is 55.1 Å². The Morgan fingerprint density at radius 3 is 3.00 bits per heavy atom. The van der Waals surface area contributed by atoms with Gasteiger partial charge >= 0.3 is 0 Å². The summed E-state index contributed by atoms with van der Waals surface area (Å²) in [5.74, 6) is 1.36. The maximum atomic E-state index is 12.2. The van der Waals surface area contributed by atoms with E-state index in [9.17, 15) is 4.79 Å². The van der Waals surface area contributed by atoms with Crippen molar-refractivity contribution in [2.45, 2.75) is 32.6 Å². The molecule has 0 spiro atoms. The first-order valence-electron chi connectivity index (χ1n) is 7.53. The summed E-state index contributed by atoms with van der Waals surface area (Å²) in [7, 11) is 0. The molecule has 1 unspecified atom stereocenters. The van der Waals surface area contributed by atoms with E-state index in [1.807, 2.05) is 18.2 Å². The number of carbonyl (C=O) groups is 1. The van der Waals surface area contributed by atoms with Gasteiger partial charge in [-0.3, -0.25) is 4.79 Å². The molecule has 1 N–H and O–H groups in total. The van der Waals surface area contributed by atoms with E-state index in [-0.39, 0.29) is 5.91 Å². The first-order chi connectivity index (χ1) is 10.2. The van der Waals surface area contributed by atoms with Crippen molar-refractivity contribution in [2.24, 2.45) is 5.92 Å². The molecule has 1 amide bonds. The van der Waals surface area contributed by atoms with Gasteiger partial charge in [0.25, 0.3) is 5.91 Å². The Balaban J connectivity index is 1.60. The van der Waals surface area contributed by atoms with Gasteiger partial charge in [-0.25, -0.2) is 0 Å². The minimum absolute atomic E-state index is 0.120. The first-order valence-corrected chi connectivity index (χ1v) is 7.53. The van der Waals surface area contributed by atoms with Gasteiger partial charge in [-0.1, -0.05) is 42.4 Å². The van der Waals surface area contributed by atoms with Crippen LogP contribution in [0.5, 0.6) is 0 Å². The second kappa shape index (κ2) is 6.12. The average molecular weight is 284 g/mol. The van der Waals surface area contributed by atoms with Crippen LogP contribution in [-0.4, -0.2) is 17.6 Å². The SMILES string of the molecule is CC1CCc2onc(C(=O)NCCc3ccccc3)c2C1. The maximum absolute atomic E-state index is 12.2. The number of aryl methyl sites for hydroxylation is 1. The molecule has 1 aromatic heterocycles. The molecule has 0 saturated carbocycles. The van der Waals surface area contributed by atoms with E-state index in [0.29, 0.717) is 18.2 Å². The second-order valence-electron chi connectivity index (χ2n) is 5.77. The van der Waals surface area contributed by atoms with E-state index in [1.54, 1.807) is 0 Å². The highest BCUT2D eigenvalue weighted by molar-refractivity contribution is 5.93. The zero-order valence-corrected chi connectivity index (χ0v) is 12.3. The highest BCUT2D eigenvalue weighted by atomic mass is 16.5. The fourth-order valence-electron chi connectivity index (χ4n) is 2.81. The number of rotatable bonds is 4. The Hall–Kier alpha value is -2.10. The summed E-state index contributed by atoms with van der Waals surface area (Å²) in [6, 6.07) is 10.1. The Bertz CT molecular complexity index is 619. The first kappa shape index (κ1) is 13.9. The van der Waals surface area contributed by atoms with Crippen LogP contribution in [0.1, 0.15) is 40.7 Å². The van der Waals surface area contributed by atoms with Gasteiger partial charge < -0.3 is 9.84 Å². The van der Waals surface area contributed by atoms with E-state index in [0.717, 1.165) is 37.0 Å². The Labute approximate surface area is 124 Å².